The third-order valence-corrected chi connectivity index (χ3v) is 4.85. The molecule has 0 spiro atoms. The Kier molecular flexibility index (Phi) is 17.9. The lowest BCUT2D eigenvalue weighted by Crippen LogP contribution is -2.32. The van der Waals surface area contributed by atoms with Gasteiger partial charge in [0.1, 0.15) is 6.04 Å². The number of amides is 1. The van der Waals surface area contributed by atoms with Crippen molar-refractivity contribution < 1.29 is 14.7 Å². The Morgan fingerprint density at radius 1 is 0.808 bits per heavy atom. The van der Waals surface area contributed by atoms with Crippen LogP contribution in [0, 0.1) is 0 Å². The van der Waals surface area contributed by atoms with Gasteiger partial charge in [-0.15, -0.1) is 0 Å². The van der Waals surface area contributed by atoms with E-state index in [0.717, 1.165) is 12.8 Å². The number of rotatable bonds is 19. The molecule has 0 saturated heterocycles. The summed E-state index contributed by atoms with van der Waals surface area (Å²) in [6.45, 7) is 2.94. The van der Waals surface area contributed by atoms with Crippen molar-refractivity contribution in [1.29, 1.82) is 0 Å². The van der Waals surface area contributed by atoms with E-state index in [1.807, 2.05) is 0 Å². The van der Waals surface area contributed by atoms with E-state index in [0.29, 0.717) is 6.54 Å². The van der Waals surface area contributed by atoms with Crippen LogP contribution in [0.4, 0.5) is 0 Å². The predicted molar refractivity (Wildman–Crippen MR) is 108 cm³/mol. The van der Waals surface area contributed by atoms with Crippen molar-refractivity contribution in [2.75, 3.05) is 6.54 Å². The van der Waals surface area contributed by atoms with Gasteiger partial charge in [0, 0.05) is 13.0 Å². The van der Waals surface area contributed by atoms with Crippen LogP contribution in [0.2, 0.25) is 0 Å². The minimum atomic E-state index is -1.05. The Bertz CT molecular complexity index is 348. The third-order valence-electron chi connectivity index (χ3n) is 4.85. The number of carboxylic acids is 1. The molecule has 5 heteroatoms. The summed E-state index contributed by atoms with van der Waals surface area (Å²) in [5.74, 6) is -1.15. The number of nitrogens with one attached hydrogen (secondary N) is 1. The highest BCUT2D eigenvalue weighted by Gasteiger charge is 2.12. The molecule has 0 aromatic heterocycles. The number of nitrogens with two attached hydrogens (primary N) is 1. The zero-order valence-electron chi connectivity index (χ0n) is 16.9. The fourth-order valence-corrected chi connectivity index (χ4v) is 3.05. The Labute approximate surface area is 160 Å². The average Bonchev–Trinajstić information content (AvgIpc) is 2.62. The van der Waals surface area contributed by atoms with Crippen molar-refractivity contribution in [1.82, 2.24) is 5.32 Å². The fraction of sp³-hybridized carbons (Fsp3) is 0.905. The van der Waals surface area contributed by atoms with Crippen molar-refractivity contribution in [2.24, 2.45) is 5.73 Å². The standard InChI is InChI=1S/C21H42N2O3/c1-2-3-4-5-6-7-8-9-10-11-12-13-14-15-18-23-20(24)17-16-19(22)21(25)26/h19H,2-18,22H2,1H3,(H,23,24)(H,25,26). The lowest BCUT2D eigenvalue weighted by atomic mass is 10.0. The molecule has 0 aromatic carbocycles. The number of hydrogen-bond acceptors (Lipinski definition) is 3. The zero-order chi connectivity index (χ0) is 19.5. The van der Waals surface area contributed by atoms with Crippen molar-refractivity contribution in [3.8, 4) is 0 Å². The first-order valence-corrected chi connectivity index (χ1v) is 10.8. The fourth-order valence-electron chi connectivity index (χ4n) is 3.05. The molecule has 0 fully saturated rings. The van der Waals surface area contributed by atoms with Gasteiger partial charge in [0.05, 0.1) is 0 Å². The number of aliphatic carboxylic acids is 1. The van der Waals surface area contributed by atoms with E-state index < -0.39 is 12.0 Å². The van der Waals surface area contributed by atoms with Gasteiger partial charge in [0.2, 0.25) is 5.91 Å². The Morgan fingerprint density at radius 3 is 1.65 bits per heavy atom. The summed E-state index contributed by atoms with van der Waals surface area (Å²) in [5.41, 5.74) is 5.37. The topological polar surface area (TPSA) is 92.4 Å². The lowest BCUT2D eigenvalue weighted by molar-refractivity contribution is -0.138. The molecule has 5 nitrogen and oxygen atoms in total. The highest BCUT2D eigenvalue weighted by Crippen LogP contribution is 2.12. The van der Waals surface area contributed by atoms with Crippen LogP contribution >= 0.6 is 0 Å². The third kappa shape index (κ3) is 17.7. The molecule has 0 aliphatic heterocycles. The summed E-state index contributed by atoms with van der Waals surface area (Å²) in [5, 5.41) is 11.5. The van der Waals surface area contributed by atoms with Gasteiger partial charge in [-0.3, -0.25) is 9.59 Å². The second-order valence-corrected chi connectivity index (χ2v) is 7.43. The first kappa shape index (κ1) is 24.9. The van der Waals surface area contributed by atoms with E-state index >= 15 is 0 Å². The van der Waals surface area contributed by atoms with Crippen molar-refractivity contribution >= 4 is 11.9 Å². The van der Waals surface area contributed by atoms with Gasteiger partial charge in [-0.05, 0) is 12.8 Å². The van der Waals surface area contributed by atoms with Crippen LogP contribution < -0.4 is 11.1 Å². The molecule has 1 atom stereocenters. The highest BCUT2D eigenvalue weighted by atomic mass is 16.4. The molecule has 0 saturated carbocycles. The summed E-state index contributed by atoms with van der Waals surface area (Å²) in [7, 11) is 0. The molecule has 4 N–H and O–H groups in total. The molecule has 0 radical (unpaired) electrons. The second-order valence-electron chi connectivity index (χ2n) is 7.43. The largest absolute Gasteiger partial charge is 0.480 e. The molecule has 0 bridgehead atoms. The van der Waals surface area contributed by atoms with Crippen LogP contribution in [0.5, 0.6) is 0 Å². The maximum absolute atomic E-state index is 11.5. The van der Waals surface area contributed by atoms with Crippen LogP contribution in [0.15, 0.2) is 0 Å². The number of carboxylic acid groups (broad SMARTS) is 1. The van der Waals surface area contributed by atoms with Crippen LogP contribution in [0.3, 0.4) is 0 Å². The number of carbonyl (C=O) groups excluding carboxylic acids is 1. The molecule has 0 rings (SSSR count). The number of unbranched alkanes of at least 4 members (excludes halogenated alkanes) is 13. The molecular formula is C21H42N2O3. The van der Waals surface area contributed by atoms with E-state index in [-0.39, 0.29) is 18.7 Å². The molecule has 1 unspecified atom stereocenters. The van der Waals surface area contributed by atoms with Crippen LogP contribution in [-0.2, 0) is 9.59 Å². The van der Waals surface area contributed by atoms with Gasteiger partial charge in [0.25, 0.3) is 0 Å². The van der Waals surface area contributed by atoms with Crippen LogP contribution in [0.25, 0.3) is 0 Å². The quantitative estimate of drug-likeness (QED) is 0.285. The number of hydrogen-bond donors (Lipinski definition) is 3. The summed E-state index contributed by atoms with van der Waals surface area (Å²) in [4.78, 5) is 22.1. The van der Waals surface area contributed by atoms with Gasteiger partial charge in [-0.2, -0.15) is 0 Å². The molecule has 0 aromatic rings. The minimum Gasteiger partial charge on any atom is -0.480 e. The maximum atomic E-state index is 11.5. The molecule has 1 amide bonds. The molecule has 0 aliphatic carbocycles. The molecule has 26 heavy (non-hydrogen) atoms. The average molecular weight is 371 g/mol. The number of carbonyl (C=O) groups is 2. The Morgan fingerprint density at radius 2 is 1.23 bits per heavy atom. The van der Waals surface area contributed by atoms with Crippen LogP contribution in [0.1, 0.15) is 110 Å². The van der Waals surface area contributed by atoms with Gasteiger partial charge >= 0.3 is 5.97 Å². The first-order chi connectivity index (χ1) is 12.6. The normalized spacial score (nSPS) is 12.1. The monoisotopic (exact) mass is 370 g/mol. The Balaban J connectivity index is 3.19. The molecule has 0 heterocycles. The van der Waals surface area contributed by atoms with E-state index in [9.17, 15) is 9.59 Å². The van der Waals surface area contributed by atoms with E-state index in [1.54, 1.807) is 0 Å². The van der Waals surface area contributed by atoms with Crippen molar-refractivity contribution in [3.05, 3.63) is 0 Å². The van der Waals surface area contributed by atoms with E-state index in [1.165, 1.54) is 77.0 Å². The maximum Gasteiger partial charge on any atom is 0.320 e. The smallest absolute Gasteiger partial charge is 0.320 e. The summed E-state index contributed by atoms with van der Waals surface area (Å²) in [6, 6.07) is -0.943. The van der Waals surface area contributed by atoms with Crippen LogP contribution in [-0.4, -0.2) is 29.6 Å². The van der Waals surface area contributed by atoms with E-state index in [4.69, 9.17) is 10.8 Å². The van der Waals surface area contributed by atoms with Gasteiger partial charge < -0.3 is 16.2 Å². The van der Waals surface area contributed by atoms with Crippen molar-refractivity contribution in [3.63, 3.8) is 0 Å². The molecule has 154 valence electrons. The molecular weight excluding hydrogens is 328 g/mol. The lowest BCUT2D eigenvalue weighted by Gasteiger charge is -2.07. The molecule has 0 aliphatic rings. The predicted octanol–water partition coefficient (Wildman–Crippen LogP) is 4.78. The minimum absolute atomic E-state index is 0.101. The first-order valence-electron chi connectivity index (χ1n) is 10.8. The van der Waals surface area contributed by atoms with Crippen molar-refractivity contribution in [2.45, 2.75) is 116 Å². The highest BCUT2D eigenvalue weighted by molar-refractivity contribution is 5.78. The SMILES string of the molecule is CCCCCCCCCCCCCCCCNC(=O)CCC(N)C(=O)O. The zero-order valence-corrected chi connectivity index (χ0v) is 16.9. The Hall–Kier alpha value is -1.10. The van der Waals surface area contributed by atoms with Gasteiger partial charge in [0.15, 0.2) is 0 Å². The summed E-state index contributed by atoms with van der Waals surface area (Å²) in [6.07, 6.45) is 18.9. The van der Waals surface area contributed by atoms with Gasteiger partial charge in [-0.25, -0.2) is 0 Å². The summed E-state index contributed by atoms with van der Waals surface area (Å²) < 4.78 is 0. The second kappa shape index (κ2) is 18.7. The van der Waals surface area contributed by atoms with E-state index in [2.05, 4.69) is 12.2 Å². The van der Waals surface area contributed by atoms with Gasteiger partial charge in [-0.1, -0.05) is 90.4 Å². The summed E-state index contributed by atoms with van der Waals surface area (Å²) >= 11 is 0.